The van der Waals surface area contributed by atoms with Gasteiger partial charge in [-0.3, -0.25) is 4.68 Å². The van der Waals surface area contributed by atoms with Gasteiger partial charge in [0.1, 0.15) is 5.82 Å². The molecule has 2 aromatic heterocycles. The molecule has 0 spiro atoms. The van der Waals surface area contributed by atoms with E-state index in [0.29, 0.717) is 5.82 Å². The molecule has 0 aliphatic rings. The van der Waals surface area contributed by atoms with Crippen LogP contribution in [0.1, 0.15) is 5.56 Å². The maximum atomic E-state index is 5.87. The maximum Gasteiger partial charge on any atom is 0.131 e. The Kier molecular flexibility index (Phi) is 2.98. The van der Waals surface area contributed by atoms with Gasteiger partial charge in [-0.1, -0.05) is 30.3 Å². The highest BCUT2D eigenvalue weighted by Gasteiger charge is 2.05. The molecule has 0 radical (unpaired) electrons. The average molecular weight is 250 g/mol. The van der Waals surface area contributed by atoms with E-state index < -0.39 is 0 Å². The number of hydrogen-bond acceptors (Lipinski definition) is 3. The summed E-state index contributed by atoms with van der Waals surface area (Å²) >= 11 is 0. The quantitative estimate of drug-likeness (QED) is 0.777. The van der Waals surface area contributed by atoms with Crippen LogP contribution >= 0.6 is 0 Å². The number of anilines is 1. The van der Waals surface area contributed by atoms with Gasteiger partial charge in [-0.25, -0.2) is 4.98 Å². The van der Waals surface area contributed by atoms with Crippen LogP contribution in [0.3, 0.4) is 0 Å². The molecule has 3 rings (SSSR count). The van der Waals surface area contributed by atoms with Crippen molar-refractivity contribution in [2.24, 2.45) is 0 Å². The number of nitrogens with zero attached hydrogens (tertiary/aromatic N) is 3. The summed E-state index contributed by atoms with van der Waals surface area (Å²) in [6.45, 7) is 0.751. The first-order chi connectivity index (χ1) is 9.33. The Bertz CT molecular complexity index is 673. The molecule has 94 valence electrons. The van der Waals surface area contributed by atoms with Crippen LogP contribution in [0.15, 0.2) is 61.1 Å². The summed E-state index contributed by atoms with van der Waals surface area (Å²) < 4.78 is 1.90. The van der Waals surface area contributed by atoms with E-state index in [4.69, 9.17) is 5.73 Å². The molecule has 19 heavy (non-hydrogen) atoms. The molecular weight excluding hydrogens is 236 g/mol. The third-order valence-electron chi connectivity index (χ3n) is 2.97. The summed E-state index contributed by atoms with van der Waals surface area (Å²) in [5, 5.41) is 4.36. The fourth-order valence-electron chi connectivity index (χ4n) is 2.02. The highest BCUT2D eigenvalue weighted by molar-refractivity contribution is 5.72. The molecule has 0 unspecified atom stereocenters. The molecule has 3 aromatic rings. The number of hydrogen-bond donors (Lipinski definition) is 1. The number of nitrogens with two attached hydrogens (primary N) is 1. The highest BCUT2D eigenvalue weighted by Crippen LogP contribution is 2.23. The Balaban J connectivity index is 1.86. The molecule has 0 saturated carbocycles. The second-order valence-corrected chi connectivity index (χ2v) is 4.35. The van der Waals surface area contributed by atoms with Crippen molar-refractivity contribution in [3.63, 3.8) is 0 Å². The van der Waals surface area contributed by atoms with Crippen molar-refractivity contribution in [2.75, 3.05) is 5.73 Å². The lowest BCUT2D eigenvalue weighted by atomic mass is 10.1. The van der Waals surface area contributed by atoms with E-state index in [1.54, 1.807) is 6.20 Å². The lowest BCUT2D eigenvalue weighted by Crippen LogP contribution is -1.99. The second kappa shape index (κ2) is 4.94. The van der Waals surface area contributed by atoms with Crippen molar-refractivity contribution in [1.82, 2.24) is 14.8 Å². The van der Waals surface area contributed by atoms with Gasteiger partial charge in [0.15, 0.2) is 0 Å². The SMILES string of the molecule is Nc1ncccc1-c1cnn(Cc2ccccc2)c1. The van der Waals surface area contributed by atoms with Crippen molar-refractivity contribution in [3.8, 4) is 11.1 Å². The molecule has 2 N–H and O–H groups in total. The molecule has 4 heteroatoms. The number of nitrogen functional groups attached to an aromatic ring is 1. The third kappa shape index (κ3) is 2.47. The fraction of sp³-hybridized carbons (Fsp3) is 0.0667. The standard InChI is InChI=1S/C15H14N4/c16-15-14(7-4-8-17-15)13-9-18-19(11-13)10-12-5-2-1-3-6-12/h1-9,11H,10H2,(H2,16,17). The maximum absolute atomic E-state index is 5.87. The van der Waals surface area contributed by atoms with Crippen LogP contribution in [-0.4, -0.2) is 14.8 Å². The molecule has 0 bridgehead atoms. The van der Waals surface area contributed by atoms with E-state index in [1.807, 2.05) is 47.4 Å². The highest BCUT2D eigenvalue weighted by atomic mass is 15.3. The van der Waals surface area contributed by atoms with Crippen LogP contribution in [0.5, 0.6) is 0 Å². The first kappa shape index (κ1) is 11.5. The second-order valence-electron chi connectivity index (χ2n) is 4.35. The van der Waals surface area contributed by atoms with Gasteiger partial charge < -0.3 is 5.73 Å². The molecule has 0 saturated heterocycles. The van der Waals surface area contributed by atoms with Crippen LogP contribution in [0.2, 0.25) is 0 Å². The molecule has 4 nitrogen and oxygen atoms in total. The zero-order valence-electron chi connectivity index (χ0n) is 10.4. The number of aromatic nitrogens is 3. The van der Waals surface area contributed by atoms with Crippen molar-refractivity contribution in [3.05, 3.63) is 66.6 Å². The summed E-state index contributed by atoms with van der Waals surface area (Å²) in [5.74, 6) is 0.529. The fourth-order valence-corrected chi connectivity index (χ4v) is 2.02. The molecule has 1 aromatic carbocycles. The molecule has 0 aliphatic carbocycles. The lowest BCUT2D eigenvalue weighted by Gasteiger charge is -2.02. The Hall–Kier alpha value is -2.62. The summed E-state index contributed by atoms with van der Waals surface area (Å²) in [6.07, 6.45) is 5.49. The summed E-state index contributed by atoms with van der Waals surface area (Å²) in [5.41, 5.74) is 8.99. The van der Waals surface area contributed by atoms with Crippen LogP contribution in [0.25, 0.3) is 11.1 Å². The molecule has 2 heterocycles. The number of pyridine rings is 1. The van der Waals surface area contributed by atoms with Crippen LogP contribution in [0.4, 0.5) is 5.82 Å². The van der Waals surface area contributed by atoms with E-state index >= 15 is 0 Å². The van der Waals surface area contributed by atoms with Gasteiger partial charge in [-0.2, -0.15) is 5.10 Å². The zero-order chi connectivity index (χ0) is 13.1. The molecule has 0 amide bonds. The minimum atomic E-state index is 0.529. The largest absolute Gasteiger partial charge is 0.383 e. The van der Waals surface area contributed by atoms with Gasteiger partial charge in [0.05, 0.1) is 12.7 Å². The summed E-state index contributed by atoms with van der Waals surface area (Å²) in [7, 11) is 0. The number of rotatable bonds is 3. The normalized spacial score (nSPS) is 10.5. The Morgan fingerprint density at radius 1 is 1.05 bits per heavy atom. The van der Waals surface area contributed by atoms with Gasteiger partial charge >= 0.3 is 0 Å². The van der Waals surface area contributed by atoms with Crippen molar-refractivity contribution in [1.29, 1.82) is 0 Å². The van der Waals surface area contributed by atoms with Crippen LogP contribution in [0, 0.1) is 0 Å². The minimum absolute atomic E-state index is 0.529. The van der Waals surface area contributed by atoms with Gasteiger partial charge in [-0.15, -0.1) is 0 Å². The summed E-state index contributed by atoms with van der Waals surface area (Å²) in [6, 6.07) is 14.1. The Morgan fingerprint density at radius 2 is 1.89 bits per heavy atom. The Morgan fingerprint density at radius 3 is 2.68 bits per heavy atom. The third-order valence-corrected chi connectivity index (χ3v) is 2.97. The predicted octanol–water partition coefficient (Wildman–Crippen LogP) is 2.58. The monoisotopic (exact) mass is 250 g/mol. The van der Waals surface area contributed by atoms with Gasteiger partial charge in [0.2, 0.25) is 0 Å². The molecule has 0 aliphatic heterocycles. The number of benzene rings is 1. The van der Waals surface area contributed by atoms with E-state index in [2.05, 4.69) is 22.2 Å². The topological polar surface area (TPSA) is 56.7 Å². The predicted molar refractivity (Wildman–Crippen MR) is 75.4 cm³/mol. The first-order valence-corrected chi connectivity index (χ1v) is 6.10. The van der Waals surface area contributed by atoms with Crippen LogP contribution in [-0.2, 0) is 6.54 Å². The van der Waals surface area contributed by atoms with Crippen LogP contribution < -0.4 is 5.73 Å². The first-order valence-electron chi connectivity index (χ1n) is 6.10. The molecule has 0 atom stereocenters. The van der Waals surface area contributed by atoms with E-state index in [0.717, 1.165) is 17.7 Å². The van der Waals surface area contributed by atoms with Gasteiger partial charge in [-0.05, 0) is 17.7 Å². The van der Waals surface area contributed by atoms with Crippen molar-refractivity contribution < 1.29 is 0 Å². The Labute approximate surface area is 111 Å². The zero-order valence-corrected chi connectivity index (χ0v) is 10.4. The molecule has 0 fully saturated rings. The molecular formula is C15H14N4. The van der Waals surface area contributed by atoms with Crippen molar-refractivity contribution >= 4 is 5.82 Å². The summed E-state index contributed by atoms with van der Waals surface area (Å²) in [4.78, 5) is 4.09. The van der Waals surface area contributed by atoms with Gasteiger partial charge in [0.25, 0.3) is 0 Å². The van der Waals surface area contributed by atoms with E-state index in [9.17, 15) is 0 Å². The van der Waals surface area contributed by atoms with Crippen molar-refractivity contribution in [2.45, 2.75) is 6.54 Å². The smallest absolute Gasteiger partial charge is 0.131 e. The lowest BCUT2D eigenvalue weighted by molar-refractivity contribution is 0.687. The van der Waals surface area contributed by atoms with E-state index in [1.165, 1.54) is 5.56 Å². The average Bonchev–Trinajstić information content (AvgIpc) is 2.89. The minimum Gasteiger partial charge on any atom is -0.383 e. The van der Waals surface area contributed by atoms with E-state index in [-0.39, 0.29) is 0 Å². The van der Waals surface area contributed by atoms with Gasteiger partial charge in [0, 0.05) is 23.5 Å².